The van der Waals surface area contributed by atoms with Crippen LogP contribution in [-0.2, 0) is 13.1 Å². The van der Waals surface area contributed by atoms with E-state index in [4.69, 9.17) is 9.47 Å². The zero-order valence-electron chi connectivity index (χ0n) is 16.3. The van der Waals surface area contributed by atoms with E-state index in [9.17, 15) is 5.11 Å². The van der Waals surface area contributed by atoms with Crippen molar-refractivity contribution in [2.75, 3.05) is 44.9 Å². The molecule has 6 nitrogen and oxygen atoms in total. The Bertz CT molecular complexity index is 711. The van der Waals surface area contributed by atoms with Crippen molar-refractivity contribution >= 4 is 11.8 Å². The molecule has 2 heterocycles. The molecular weight excluding hydrogens is 374 g/mol. The van der Waals surface area contributed by atoms with Gasteiger partial charge in [-0.25, -0.2) is 0 Å². The maximum absolute atomic E-state index is 10.3. The van der Waals surface area contributed by atoms with Gasteiger partial charge < -0.3 is 19.9 Å². The molecule has 1 aliphatic rings. The van der Waals surface area contributed by atoms with Crippen molar-refractivity contribution in [2.45, 2.75) is 19.2 Å². The highest BCUT2D eigenvalue weighted by Gasteiger charge is 2.16. The SMILES string of the molecule is COc1cc(CNCc2cccnc2)ccc1OC[C@@H](O)CN1CCSCC1. The number of aromatic nitrogens is 1. The number of rotatable bonds is 10. The number of ether oxygens (including phenoxy) is 2. The van der Waals surface area contributed by atoms with Crippen LogP contribution in [0.5, 0.6) is 11.5 Å². The number of hydrogen-bond donors (Lipinski definition) is 2. The minimum absolute atomic E-state index is 0.263. The number of nitrogens with zero attached hydrogens (tertiary/aromatic N) is 2. The smallest absolute Gasteiger partial charge is 0.161 e. The summed E-state index contributed by atoms with van der Waals surface area (Å²) in [5.74, 6) is 3.61. The Kier molecular flexibility index (Phi) is 8.42. The normalized spacial score (nSPS) is 15.9. The van der Waals surface area contributed by atoms with E-state index >= 15 is 0 Å². The summed E-state index contributed by atoms with van der Waals surface area (Å²) >= 11 is 1.97. The summed E-state index contributed by atoms with van der Waals surface area (Å²) in [7, 11) is 1.64. The number of thioether (sulfide) groups is 1. The summed E-state index contributed by atoms with van der Waals surface area (Å²) in [6.07, 6.45) is 3.13. The van der Waals surface area contributed by atoms with Crippen molar-refractivity contribution in [1.82, 2.24) is 15.2 Å². The molecule has 0 unspecified atom stereocenters. The molecule has 1 aliphatic heterocycles. The molecule has 28 heavy (non-hydrogen) atoms. The molecule has 0 aliphatic carbocycles. The molecule has 0 amide bonds. The summed E-state index contributed by atoms with van der Waals surface area (Å²) in [4.78, 5) is 6.41. The van der Waals surface area contributed by atoms with Crippen LogP contribution in [0.3, 0.4) is 0 Å². The minimum atomic E-state index is -0.506. The fraction of sp³-hybridized carbons (Fsp3) is 0.476. The first-order valence-electron chi connectivity index (χ1n) is 9.62. The largest absolute Gasteiger partial charge is 0.493 e. The first kappa shape index (κ1) is 20.9. The summed E-state index contributed by atoms with van der Waals surface area (Å²) in [5, 5.41) is 13.7. The molecule has 1 fully saturated rings. The van der Waals surface area contributed by atoms with E-state index in [2.05, 4.69) is 15.2 Å². The second-order valence-corrected chi connectivity index (χ2v) is 8.05. The molecule has 0 radical (unpaired) electrons. The highest BCUT2D eigenvalue weighted by molar-refractivity contribution is 7.99. The third-order valence-corrected chi connectivity index (χ3v) is 5.56. The number of β-amino-alcohol motifs (C(OH)–C–C–N with tert-alkyl or cyclic N) is 1. The zero-order chi connectivity index (χ0) is 19.6. The lowest BCUT2D eigenvalue weighted by Crippen LogP contribution is -2.40. The fourth-order valence-corrected chi connectivity index (χ4v) is 4.09. The van der Waals surface area contributed by atoms with Crippen LogP contribution in [0.25, 0.3) is 0 Å². The molecule has 0 spiro atoms. The molecule has 152 valence electrons. The van der Waals surface area contributed by atoms with Crippen molar-refractivity contribution in [2.24, 2.45) is 0 Å². The molecular formula is C21H29N3O3S. The Morgan fingerprint density at radius 3 is 2.75 bits per heavy atom. The minimum Gasteiger partial charge on any atom is -0.493 e. The van der Waals surface area contributed by atoms with Crippen LogP contribution in [0.4, 0.5) is 0 Å². The molecule has 1 atom stereocenters. The highest BCUT2D eigenvalue weighted by atomic mass is 32.2. The quantitative estimate of drug-likeness (QED) is 0.630. The Morgan fingerprint density at radius 2 is 2.00 bits per heavy atom. The third kappa shape index (κ3) is 6.67. The Balaban J connectivity index is 1.46. The van der Waals surface area contributed by atoms with Gasteiger partial charge in [-0.15, -0.1) is 0 Å². The fourth-order valence-electron chi connectivity index (χ4n) is 3.12. The molecule has 2 aromatic rings. The monoisotopic (exact) mass is 403 g/mol. The Morgan fingerprint density at radius 1 is 1.18 bits per heavy atom. The van der Waals surface area contributed by atoms with Crippen molar-refractivity contribution in [1.29, 1.82) is 0 Å². The zero-order valence-corrected chi connectivity index (χ0v) is 17.2. The molecule has 1 saturated heterocycles. The first-order chi connectivity index (χ1) is 13.7. The summed E-state index contributed by atoms with van der Waals surface area (Å²) < 4.78 is 11.3. The number of aliphatic hydroxyl groups is 1. The average molecular weight is 404 g/mol. The maximum atomic E-state index is 10.3. The van der Waals surface area contributed by atoms with Gasteiger partial charge in [0.2, 0.25) is 0 Å². The van der Waals surface area contributed by atoms with Gasteiger partial charge in [0, 0.05) is 56.6 Å². The van der Waals surface area contributed by atoms with Crippen molar-refractivity contribution in [3.05, 3.63) is 53.9 Å². The lowest BCUT2D eigenvalue weighted by atomic mass is 10.2. The summed E-state index contributed by atoms with van der Waals surface area (Å²) in [6.45, 7) is 4.46. The van der Waals surface area contributed by atoms with E-state index in [0.29, 0.717) is 18.0 Å². The van der Waals surface area contributed by atoms with Crippen LogP contribution in [0.1, 0.15) is 11.1 Å². The third-order valence-electron chi connectivity index (χ3n) is 4.61. The molecule has 1 aromatic heterocycles. The van der Waals surface area contributed by atoms with Crippen molar-refractivity contribution in [3.8, 4) is 11.5 Å². The highest BCUT2D eigenvalue weighted by Crippen LogP contribution is 2.28. The first-order valence-corrected chi connectivity index (χ1v) is 10.8. The van der Waals surface area contributed by atoms with Gasteiger partial charge in [0.25, 0.3) is 0 Å². The number of methoxy groups -OCH3 is 1. The van der Waals surface area contributed by atoms with Gasteiger partial charge in [0.15, 0.2) is 11.5 Å². The molecule has 0 saturated carbocycles. The van der Waals surface area contributed by atoms with Gasteiger partial charge in [-0.3, -0.25) is 9.88 Å². The Hall–Kier alpha value is -1.80. The van der Waals surface area contributed by atoms with Crippen molar-refractivity contribution < 1.29 is 14.6 Å². The van der Waals surface area contributed by atoms with Gasteiger partial charge in [0.1, 0.15) is 12.7 Å². The van der Waals surface area contributed by atoms with Gasteiger partial charge in [-0.05, 0) is 29.3 Å². The molecule has 3 rings (SSSR count). The average Bonchev–Trinajstić information content (AvgIpc) is 2.74. The molecule has 2 N–H and O–H groups in total. The van der Waals surface area contributed by atoms with Gasteiger partial charge in [0.05, 0.1) is 7.11 Å². The number of benzene rings is 1. The number of hydrogen-bond acceptors (Lipinski definition) is 7. The molecule has 1 aromatic carbocycles. The van der Waals surface area contributed by atoms with Crippen LogP contribution < -0.4 is 14.8 Å². The van der Waals surface area contributed by atoms with Crippen LogP contribution in [0.2, 0.25) is 0 Å². The van der Waals surface area contributed by atoms with E-state index < -0.39 is 6.10 Å². The van der Waals surface area contributed by atoms with E-state index in [1.54, 1.807) is 13.3 Å². The standard InChI is InChI=1S/C21H29N3O3S/c1-26-21-11-17(12-23-14-18-3-2-6-22-13-18)4-5-20(21)27-16-19(25)15-24-7-9-28-10-8-24/h2-6,11,13,19,23,25H,7-10,12,14-16H2,1H3/t19-/m0/s1. The summed E-state index contributed by atoms with van der Waals surface area (Å²) in [6, 6.07) is 9.88. The summed E-state index contributed by atoms with van der Waals surface area (Å²) in [5.41, 5.74) is 2.26. The lowest BCUT2D eigenvalue weighted by Gasteiger charge is -2.28. The van der Waals surface area contributed by atoms with E-state index in [-0.39, 0.29) is 6.61 Å². The van der Waals surface area contributed by atoms with Crippen LogP contribution in [0, 0.1) is 0 Å². The van der Waals surface area contributed by atoms with E-state index in [1.165, 1.54) is 0 Å². The molecule has 7 heteroatoms. The predicted octanol–water partition coefficient (Wildman–Crippen LogP) is 2.17. The number of nitrogens with one attached hydrogen (secondary N) is 1. The number of aliphatic hydroxyl groups excluding tert-OH is 1. The molecule has 0 bridgehead atoms. The Labute approximate surface area is 171 Å². The van der Waals surface area contributed by atoms with Crippen molar-refractivity contribution in [3.63, 3.8) is 0 Å². The maximum Gasteiger partial charge on any atom is 0.161 e. The topological polar surface area (TPSA) is 66.8 Å². The van der Waals surface area contributed by atoms with Crippen LogP contribution >= 0.6 is 11.8 Å². The number of pyridine rings is 1. The van der Waals surface area contributed by atoms with E-state index in [1.807, 2.05) is 48.3 Å². The second-order valence-electron chi connectivity index (χ2n) is 6.83. The van der Waals surface area contributed by atoms with E-state index in [0.717, 1.165) is 48.8 Å². The second kappa shape index (κ2) is 11.3. The lowest BCUT2D eigenvalue weighted by molar-refractivity contribution is 0.0705. The van der Waals surface area contributed by atoms with Gasteiger partial charge in [-0.1, -0.05) is 12.1 Å². The van der Waals surface area contributed by atoms with Gasteiger partial charge in [-0.2, -0.15) is 11.8 Å². The van der Waals surface area contributed by atoms with Gasteiger partial charge >= 0.3 is 0 Å². The van der Waals surface area contributed by atoms with Crippen LogP contribution in [-0.4, -0.2) is 66.0 Å². The predicted molar refractivity (Wildman–Crippen MR) is 113 cm³/mol. The van der Waals surface area contributed by atoms with Crippen LogP contribution in [0.15, 0.2) is 42.7 Å².